The highest BCUT2D eigenvalue weighted by Gasteiger charge is 2.35. The number of esters is 1. The zero-order chi connectivity index (χ0) is 16.7. The number of ether oxygens (including phenoxy) is 2. The Labute approximate surface area is 133 Å². The highest BCUT2D eigenvalue weighted by molar-refractivity contribution is 5.89. The summed E-state index contributed by atoms with van der Waals surface area (Å²) in [5.74, 6) is -0.301. The van der Waals surface area contributed by atoms with E-state index in [9.17, 15) is 4.79 Å². The summed E-state index contributed by atoms with van der Waals surface area (Å²) < 4.78 is 11.3. The molecule has 0 aliphatic heterocycles. The van der Waals surface area contributed by atoms with Gasteiger partial charge in [0.25, 0.3) is 0 Å². The Kier molecular flexibility index (Phi) is 7.62. The lowest BCUT2D eigenvalue weighted by Gasteiger charge is -2.37. The van der Waals surface area contributed by atoms with E-state index in [0.717, 1.165) is 18.5 Å². The third-order valence-electron chi connectivity index (χ3n) is 3.85. The van der Waals surface area contributed by atoms with Gasteiger partial charge >= 0.3 is 5.97 Å². The van der Waals surface area contributed by atoms with Gasteiger partial charge in [0.15, 0.2) is 0 Å². The highest BCUT2D eigenvalue weighted by atomic mass is 16.5. The summed E-state index contributed by atoms with van der Waals surface area (Å²) in [6, 6.07) is -0.309. The SMILES string of the molecule is C=C(C)N[C@@H]1[C@@H](N)CC(C(=O)OCC)=C[C@H]1OC(CC)CC. The van der Waals surface area contributed by atoms with Crippen molar-refractivity contribution in [3.05, 3.63) is 23.9 Å². The van der Waals surface area contributed by atoms with Crippen LogP contribution in [0.1, 0.15) is 47.0 Å². The molecule has 1 rings (SSSR count). The number of carbonyl (C=O) groups is 1. The minimum Gasteiger partial charge on any atom is -0.463 e. The molecule has 0 aromatic rings. The number of hydrogen-bond donors (Lipinski definition) is 2. The van der Waals surface area contributed by atoms with Gasteiger partial charge in [-0.1, -0.05) is 20.4 Å². The molecule has 3 atom stereocenters. The molecule has 0 fully saturated rings. The second-order valence-corrected chi connectivity index (χ2v) is 5.77. The number of rotatable bonds is 8. The van der Waals surface area contributed by atoms with Gasteiger partial charge in [-0.3, -0.25) is 0 Å². The number of carbonyl (C=O) groups excluding carboxylic acids is 1. The number of hydrogen-bond acceptors (Lipinski definition) is 5. The Morgan fingerprint density at radius 2 is 2.09 bits per heavy atom. The number of nitrogens with two attached hydrogens (primary N) is 1. The van der Waals surface area contributed by atoms with Gasteiger partial charge in [0.1, 0.15) is 0 Å². The fourth-order valence-electron chi connectivity index (χ4n) is 2.67. The largest absolute Gasteiger partial charge is 0.463 e. The molecule has 0 bridgehead atoms. The Morgan fingerprint density at radius 1 is 1.45 bits per heavy atom. The first-order valence-electron chi connectivity index (χ1n) is 8.13. The molecule has 0 aromatic heterocycles. The summed E-state index contributed by atoms with van der Waals surface area (Å²) >= 11 is 0. The molecule has 126 valence electrons. The Hall–Kier alpha value is -1.33. The van der Waals surface area contributed by atoms with Crippen molar-refractivity contribution in [2.75, 3.05) is 6.61 Å². The lowest BCUT2D eigenvalue weighted by Crippen LogP contribution is -2.55. The van der Waals surface area contributed by atoms with Gasteiger partial charge in [0, 0.05) is 17.3 Å². The Bertz CT molecular complexity index is 416. The van der Waals surface area contributed by atoms with Gasteiger partial charge in [-0.2, -0.15) is 0 Å². The van der Waals surface area contributed by atoms with Crippen LogP contribution in [0.2, 0.25) is 0 Å². The van der Waals surface area contributed by atoms with Gasteiger partial charge in [-0.05, 0) is 39.2 Å². The molecule has 3 N–H and O–H groups in total. The normalized spacial score (nSPS) is 24.8. The quantitative estimate of drug-likeness (QED) is 0.673. The third-order valence-corrected chi connectivity index (χ3v) is 3.85. The van der Waals surface area contributed by atoms with E-state index in [0.29, 0.717) is 18.6 Å². The predicted molar refractivity (Wildman–Crippen MR) is 88.3 cm³/mol. The molecule has 5 nitrogen and oxygen atoms in total. The molecule has 0 spiro atoms. The van der Waals surface area contributed by atoms with Crippen LogP contribution >= 0.6 is 0 Å². The van der Waals surface area contributed by atoms with Crippen LogP contribution in [0.3, 0.4) is 0 Å². The standard InChI is InChI=1S/C17H30N2O3/c1-6-13(7-2)22-15-10-12(17(20)21-8-3)9-14(18)16(15)19-11(4)5/h10,13-16,19H,4,6-9,18H2,1-3,5H3/t14-,15+,16+/m0/s1. The summed E-state index contributed by atoms with van der Waals surface area (Å²) in [6.07, 6.45) is 4.07. The van der Waals surface area contributed by atoms with Crippen molar-refractivity contribution in [1.29, 1.82) is 0 Å². The molecule has 0 unspecified atom stereocenters. The minimum atomic E-state index is -0.301. The van der Waals surface area contributed by atoms with E-state index in [1.54, 1.807) is 6.92 Å². The molecule has 1 aliphatic rings. The van der Waals surface area contributed by atoms with Crippen LogP contribution in [0.4, 0.5) is 0 Å². The molecule has 1 aliphatic carbocycles. The van der Waals surface area contributed by atoms with Gasteiger partial charge in [-0.15, -0.1) is 0 Å². The van der Waals surface area contributed by atoms with Crippen molar-refractivity contribution in [2.45, 2.75) is 71.2 Å². The minimum absolute atomic E-state index is 0.0868. The average Bonchev–Trinajstić information content (AvgIpc) is 2.47. The van der Waals surface area contributed by atoms with Crippen LogP contribution < -0.4 is 11.1 Å². The fraction of sp³-hybridized carbons (Fsp3) is 0.706. The van der Waals surface area contributed by atoms with E-state index in [-0.39, 0.29) is 30.3 Å². The lowest BCUT2D eigenvalue weighted by atomic mass is 9.88. The van der Waals surface area contributed by atoms with Crippen LogP contribution in [-0.4, -0.2) is 36.9 Å². The topological polar surface area (TPSA) is 73.6 Å². The van der Waals surface area contributed by atoms with Gasteiger partial charge in [0.05, 0.1) is 24.9 Å². The van der Waals surface area contributed by atoms with E-state index >= 15 is 0 Å². The highest BCUT2D eigenvalue weighted by Crippen LogP contribution is 2.24. The summed E-state index contributed by atoms with van der Waals surface area (Å²) in [5, 5.41) is 3.29. The molecule has 0 radical (unpaired) electrons. The molecule has 0 amide bonds. The first kappa shape index (κ1) is 18.7. The zero-order valence-electron chi connectivity index (χ0n) is 14.2. The summed E-state index contributed by atoms with van der Waals surface area (Å²) in [4.78, 5) is 12.0. The lowest BCUT2D eigenvalue weighted by molar-refractivity contribution is -0.139. The van der Waals surface area contributed by atoms with Crippen LogP contribution in [-0.2, 0) is 14.3 Å². The van der Waals surface area contributed by atoms with Gasteiger partial charge in [0.2, 0.25) is 0 Å². The van der Waals surface area contributed by atoms with Crippen molar-refractivity contribution in [3.8, 4) is 0 Å². The van der Waals surface area contributed by atoms with Gasteiger partial charge < -0.3 is 20.5 Å². The third kappa shape index (κ3) is 5.14. The second kappa shape index (κ2) is 8.96. The molecule has 0 saturated carbocycles. The smallest absolute Gasteiger partial charge is 0.333 e. The maximum atomic E-state index is 12.0. The first-order chi connectivity index (χ1) is 10.4. The van der Waals surface area contributed by atoms with Crippen molar-refractivity contribution in [1.82, 2.24) is 5.32 Å². The Balaban J connectivity index is 2.98. The van der Waals surface area contributed by atoms with Crippen molar-refractivity contribution in [2.24, 2.45) is 5.73 Å². The van der Waals surface area contributed by atoms with E-state index in [2.05, 4.69) is 25.7 Å². The second-order valence-electron chi connectivity index (χ2n) is 5.77. The van der Waals surface area contributed by atoms with E-state index in [1.165, 1.54) is 0 Å². The maximum absolute atomic E-state index is 12.0. The van der Waals surface area contributed by atoms with E-state index in [4.69, 9.17) is 15.2 Å². The molecule has 22 heavy (non-hydrogen) atoms. The fourth-order valence-corrected chi connectivity index (χ4v) is 2.67. The molecular formula is C17H30N2O3. The molecule has 0 saturated heterocycles. The number of allylic oxidation sites excluding steroid dienone is 1. The monoisotopic (exact) mass is 310 g/mol. The number of nitrogens with one attached hydrogen (secondary N) is 1. The summed E-state index contributed by atoms with van der Waals surface area (Å²) in [7, 11) is 0. The van der Waals surface area contributed by atoms with Gasteiger partial charge in [-0.25, -0.2) is 4.79 Å². The van der Waals surface area contributed by atoms with E-state index in [1.807, 2.05) is 13.0 Å². The van der Waals surface area contributed by atoms with E-state index < -0.39 is 0 Å². The predicted octanol–water partition coefficient (Wildman–Crippen LogP) is 2.27. The van der Waals surface area contributed by atoms with Crippen molar-refractivity contribution in [3.63, 3.8) is 0 Å². The molecular weight excluding hydrogens is 280 g/mol. The first-order valence-corrected chi connectivity index (χ1v) is 8.13. The average molecular weight is 310 g/mol. The van der Waals surface area contributed by atoms with Crippen molar-refractivity contribution >= 4 is 5.97 Å². The van der Waals surface area contributed by atoms with Crippen LogP contribution in [0.25, 0.3) is 0 Å². The zero-order valence-corrected chi connectivity index (χ0v) is 14.2. The van der Waals surface area contributed by atoms with Crippen LogP contribution in [0, 0.1) is 0 Å². The van der Waals surface area contributed by atoms with Crippen molar-refractivity contribution < 1.29 is 14.3 Å². The molecule has 5 heteroatoms. The molecule has 0 heterocycles. The Morgan fingerprint density at radius 3 is 2.59 bits per heavy atom. The maximum Gasteiger partial charge on any atom is 0.333 e. The van der Waals surface area contributed by atoms with Crippen LogP contribution in [0.5, 0.6) is 0 Å². The summed E-state index contributed by atoms with van der Waals surface area (Å²) in [6.45, 7) is 12.1. The van der Waals surface area contributed by atoms with Crippen LogP contribution in [0.15, 0.2) is 23.9 Å². The molecule has 0 aromatic carbocycles. The summed E-state index contributed by atoms with van der Waals surface area (Å²) in [5.41, 5.74) is 7.71.